The summed E-state index contributed by atoms with van der Waals surface area (Å²) in [7, 11) is 0. The fraction of sp³-hybridized carbons (Fsp3) is 0.286. The van der Waals surface area contributed by atoms with Gasteiger partial charge in [-0.1, -0.05) is 0 Å². The van der Waals surface area contributed by atoms with Gasteiger partial charge >= 0.3 is 0 Å². The Balaban J connectivity index is 0.00000180. The van der Waals surface area contributed by atoms with Crippen LogP contribution in [0.15, 0.2) is 47.3 Å². The van der Waals surface area contributed by atoms with E-state index in [4.69, 9.17) is 4.42 Å². The fourth-order valence-electron chi connectivity index (χ4n) is 1.60. The summed E-state index contributed by atoms with van der Waals surface area (Å²) in [5, 5.41) is 2.82. The minimum Gasteiger partial charge on any atom is -1.00 e. The van der Waals surface area contributed by atoms with E-state index < -0.39 is 0 Å². The first-order chi connectivity index (χ1) is 8.74. The predicted molar refractivity (Wildman–Crippen MR) is 66.5 cm³/mol. The SMILES string of the molecule is Cc1cc[n+](CCC(=O)NCc2ccco2)cc1.[Br-]. The molecule has 19 heavy (non-hydrogen) atoms. The molecule has 4 nitrogen and oxygen atoms in total. The largest absolute Gasteiger partial charge is 1.00 e. The number of carbonyl (C=O) groups excluding carboxylic acids is 1. The zero-order chi connectivity index (χ0) is 12.8. The van der Waals surface area contributed by atoms with Crippen molar-refractivity contribution in [3.8, 4) is 0 Å². The molecule has 0 aliphatic heterocycles. The van der Waals surface area contributed by atoms with Crippen LogP contribution in [0.1, 0.15) is 17.7 Å². The molecule has 2 rings (SSSR count). The van der Waals surface area contributed by atoms with Gasteiger partial charge in [0, 0.05) is 12.1 Å². The van der Waals surface area contributed by atoms with Crippen LogP contribution in [0.3, 0.4) is 0 Å². The zero-order valence-corrected chi connectivity index (χ0v) is 12.4. The molecule has 0 saturated heterocycles. The first-order valence-electron chi connectivity index (χ1n) is 5.99. The standard InChI is InChI=1S/C14H16N2O2.BrH/c1-12-4-7-16(8-5-12)9-6-14(17)15-11-13-3-2-10-18-13;/h2-5,7-8,10H,6,9,11H2,1H3;1H. The van der Waals surface area contributed by atoms with Crippen LogP contribution in [0.25, 0.3) is 0 Å². The summed E-state index contributed by atoms with van der Waals surface area (Å²) in [5.74, 6) is 0.797. The number of aryl methyl sites for hydroxylation is 2. The minimum absolute atomic E-state index is 0. The molecule has 2 aromatic heterocycles. The summed E-state index contributed by atoms with van der Waals surface area (Å²) >= 11 is 0. The van der Waals surface area contributed by atoms with Crippen molar-refractivity contribution in [1.82, 2.24) is 5.32 Å². The van der Waals surface area contributed by atoms with Gasteiger partial charge in [0.25, 0.3) is 0 Å². The van der Waals surface area contributed by atoms with Crippen LogP contribution in [0.5, 0.6) is 0 Å². The number of hydrogen-bond donors (Lipinski definition) is 1. The molecule has 1 amide bonds. The summed E-state index contributed by atoms with van der Waals surface area (Å²) < 4.78 is 7.14. The molecule has 0 aliphatic rings. The van der Waals surface area contributed by atoms with Gasteiger partial charge in [0.05, 0.1) is 19.2 Å². The van der Waals surface area contributed by atoms with Crippen LogP contribution in [0, 0.1) is 6.92 Å². The summed E-state index contributed by atoms with van der Waals surface area (Å²) in [4.78, 5) is 11.6. The average molecular weight is 325 g/mol. The molecule has 1 N–H and O–H groups in total. The molecule has 5 heteroatoms. The smallest absolute Gasteiger partial charge is 0.226 e. The fourth-order valence-corrected chi connectivity index (χ4v) is 1.60. The van der Waals surface area contributed by atoms with Crippen molar-refractivity contribution in [3.63, 3.8) is 0 Å². The number of furan rings is 1. The lowest BCUT2D eigenvalue weighted by molar-refractivity contribution is -0.695. The van der Waals surface area contributed by atoms with Gasteiger partial charge in [-0.15, -0.1) is 0 Å². The molecule has 0 radical (unpaired) electrons. The highest BCUT2D eigenvalue weighted by atomic mass is 79.9. The molecule has 0 unspecified atom stereocenters. The highest BCUT2D eigenvalue weighted by Crippen LogP contribution is 1.98. The van der Waals surface area contributed by atoms with E-state index in [0.29, 0.717) is 19.5 Å². The third-order valence-corrected chi connectivity index (χ3v) is 2.69. The summed E-state index contributed by atoms with van der Waals surface area (Å²) in [6.07, 6.45) is 6.03. The Hall–Kier alpha value is -1.62. The molecule has 2 heterocycles. The minimum atomic E-state index is 0. The molecule has 102 valence electrons. The lowest BCUT2D eigenvalue weighted by Crippen LogP contribution is -3.00. The third kappa shape index (κ3) is 5.26. The van der Waals surface area contributed by atoms with Gasteiger partial charge in [-0.2, -0.15) is 0 Å². The maximum Gasteiger partial charge on any atom is 0.226 e. The maximum atomic E-state index is 11.6. The van der Waals surface area contributed by atoms with Crippen molar-refractivity contribution in [2.45, 2.75) is 26.4 Å². The quantitative estimate of drug-likeness (QED) is 0.687. The average Bonchev–Trinajstić information content (AvgIpc) is 2.89. The molecule has 0 aliphatic carbocycles. The Bertz CT molecular complexity index is 495. The van der Waals surface area contributed by atoms with Crippen molar-refractivity contribution in [2.24, 2.45) is 0 Å². The van der Waals surface area contributed by atoms with Gasteiger partial charge in [0.1, 0.15) is 5.76 Å². The van der Waals surface area contributed by atoms with Gasteiger partial charge in [-0.05, 0) is 24.6 Å². The van der Waals surface area contributed by atoms with E-state index >= 15 is 0 Å². The first kappa shape index (κ1) is 15.4. The first-order valence-corrected chi connectivity index (χ1v) is 5.99. The van der Waals surface area contributed by atoms with Gasteiger partial charge in [0.2, 0.25) is 5.91 Å². The Labute approximate surface area is 123 Å². The Morgan fingerprint density at radius 1 is 1.32 bits per heavy atom. The molecule has 0 aromatic carbocycles. The molecule has 0 atom stereocenters. The molecule has 0 saturated carbocycles. The Kier molecular flexibility index (Phi) is 6.29. The number of halogens is 1. The normalized spacial score (nSPS) is 9.74. The van der Waals surface area contributed by atoms with Crippen molar-refractivity contribution in [1.29, 1.82) is 0 Å². The van der Waals surface area contributed by atoms with E-state index in [1.54, 1.807) is 6.26 Å². The van der Waals surface area contributed by atoms with Crippen LogP contribution in [0.4, 0.5) is 0 Å². The summed E-state index contributed by atoms with van der Waals surface area (Å²) in [5.41, 5.74) is 1.22. The number of rotatable bonds is 5. The van der Waals surface area contributed by atoms with E-state index in [-0.39, 0.29) is 22.9 Å². The maximum absolute atomic E-state index is 11.6. The van der Waals surface area contributed by atoms with Gasteiger partial charge in [-0.25, -0.2) is 4.57 Å². The molecule has 0 fully saturated rings. The second kappa shape index (κ2) is 7.74. The number of nitrogens with one attached hydrogen (secondary N) is 1. The summed E-state index contributed by atoms with van der Waals surface area (Å²) in [6, 6.07) is 7.71. The van der Waals surface area contributed by atoms with Gasteiger partial charge in [0.15, 0.2) is 18.9 Å². The Morgan fingerprint density at radius 2 is 2.05 bits per heavy atom. The Morgan fingerprint density at radius 3 is 2.68 bits per heavy atom. The lowest BCUT2D eigenvalue weighted by Gasteiger charge is -2.01. The van der Waals surface area contributed by atoms with Crippen LogP contribution in [0.2, 0.25) is 0 Å². The van der Waals surface area contributed by atoms with Crippen molar-refractivity contribution in [2.75, 3.05) is 0 Å². The summed E-state index contributed by atoms with van der Waals surface area (Å²) in [6.45, 7) is 3.18. The number of hydrogen-bond acceptors (Lipinski definition) is 2. The van der Waals surface area contributed by atoms with Crippen molar-refractivity contribution < 1.29 is 30.8 Å². The number of carbonyl (C=O) groups is 1. The van der Waals surface area contributed by atoms with E-state index in [1.165, 1.54) is 5.56 Å². The van der Waals surface area contributed by atoms with E-state index in [1.807, 2.05) is 48.1 Å². The second-order valence-electron chi connectivity index (χ2n) is 4.22. The van der Waals surface area contributed by atoms with E-state index in [2.05, 4.69) is 5.32 Å². The number of aromatic nitrogens is 1. The highest BCUT2D eigenvalue weighted by Gasteiger charge is 2.06. The van der Waals surface area contributed by atoms with Gasteiger partial charge < -0.3 is 26.7 Å². The molecule has 2 aromatic rings. The lowest BCUT2D eigenvalue weighted by atomic mass is 10.3. The predicted octanol–water partition coefficient (Wildman–Crippen LogP) is -1.41. The number of amides is 1. The number of nitrogens with zero attached hydrogens (tertiary/aromatic N) is 1. The van der Waals surface area contributed by atoms with Crippen LogP contribution >= 0.6 is 0 Å². The van der Waals surface area contributed by atoms with E-state index in [0.717, 1.165) is 5.76 Å². The second-order valence-corrected chi connectivity index (χ2v) is 4.22. The van der Waals surface area contributed by atoms with Crippen molar-refractivity contribution in [3.05, 3.63) is 54.2 Å². The molecular weight excluding hydrogens is 308 g/mol. The monoisotopic (exact) mass is 324 g/mol. The van der Waals surface area contributed by atoms with Gasteiger partial charge in [-0.3, -0.25) is 4.79 Å². The topological polar surface area (TPSA) is 46.1 Å². The highest BCUT2D eigenvalue weighted by molar-refractivity contribution is 5.75. The number of pyridine rings is 1. The third-order valence-electron chi connectivity index (χ3n) is 2.69. The van der Waals surface area contributed by atoms with Crippen LogP contribution in [-0.2, 0) is 17.9 Å². The molecule has 0 spiro atoms. The van der Waals surface area contributed by atoms with Crippen LogP contribution < -0.4 is 26.9 Å². The zero-order valence-electron chi connectivity index (χ0n) is 10.8. The van der Waals surface area contributed by atoms with E-state index in [9.17, 15) is 4.79 Å². The van der Waals surface area contributed by atoms with Crippen molar-refractivity contribution >= 4 is 5.91 Å². The molecule has 0 bridgehead atoms. The molecular formula is C14H17BrN2O2. The van der Waals surface area contributed by atoms with Crippen LogP contribution in [-0.4, -0.2) is 5.91 Å².